The molecule has 94 valence electrons. The third-order valence-electron chi connectivity index (χ3n) is 2.09. The number of anilines is 1. The second kappa shape index (κ2) is 5.05. The number of aromatic nitrogens is 1. The number of rotatable bonds is 4. The zero-order valence-corrected chi connectivity index (χ0v) is 9.20. The van der Waals surface area contributed by atoms with Crippen molar-refractivity contribution in [3.05, 3.63) is 23.5 Å². The summed E-state index contributed by atoms with van der Waals surface area (Å²) in [5, 5.41) is 10.4. The highest BCUT2D eigenvalue weighted by Gasteiger charge is 2.28. The predicted molar refractivity (Wildman–Crippen MR) is 57.8 cm³/mol. The van der Waals surface area contributed by atoms with Gasteiger partial charge < -0.3 is 16.2 Å². The number of halogens is 2. The summed E-state index contributed by atoms with van der Waals surface area (Å²) in [6, 6.07) is 1.36. The van der Waals surface area contributed by atoms with Gasteiger partial charge in [-0.25, -0.2) is 8.78 Å². The van der Waals surface area contributed by atoms with Crippen LogP contribution in [0.5, 0.6) is 0 Å². The first kappa shape index (κ1) is 13.3. The number of nitrogens with zero attached hydrogens (tertiary/aromatic N) is 1. The van der Waals surface area contributed by atoms with Gasteiger partial charge in [0.15, 0.2) is 0 Å². The number of aryl methyl sites for hydroxylation is 1. The minimum absolute atomic E-state index is 0.138. The van der Waals surface area contributed by atoms with Crippen LogP contribution in [0, 0.1) is 6.92 Å². The van der Waals surface area contributed by atoms with Crippen molar-refractivity contribution in [1.29, 1.82) is 0 Å². The highest BCUT2D eigenvalue weighted by Crippen LogP contribution is 2.12. The van der Waals surface area contributed by atoms with E-state index in [0.29, 0.717) is 5.69 Å². The second-order valence-corrected chi connectivity index (χ2v) is 3.60. The maximum absolute atomic E-state index is 12.7. The Morgan fingerprint density at radius 1 is 1.65 bits per heavy atom. The fourth-order valence-corrected chi connectivity index (χ4v) is 1.14. The summed E-state index contributed by atoms with van der Waals surface area (Å²) in [5.41, 5.74) is 6.25. The van der Waals surface area contributed by atoms with Crippen molar-refractivity contribution < 1.29 is 18.7 Å². The van der Waals surface area contributed by atoms with E-state index in [9.17, 15) is 13.6 Å². The number of nitrogens with two attached hydrogens (primary N) is 1. The fraction of sp³-hybridized carbons (Fsp3) is 0.400. The molecule has 1 aromatic rings. The number of amides is 1. The van der Waals surface area contributed by atoms with E-state index in [4.69, 9.17) is 10.8 Å². The zero-order valence-electron chi connectivity index (χ0n) is 9.20. The van der Waals surface area contributed by atoms with Gasteiger partial charge in [0.05, 0.1) is 29.7 Å². The van der Waals surface area contributed by atoms with Gasteiger partial charge >= 0.3 is 0 Å². The lowest BCUT2D eigenvalue weighted by molar-refractivity contribution is -0.0462. The number of carbonyl (C=O) groups is 1. The first-order chi connectivity index (χ1) is 7.85. The van der Waals surface area contributed by atoms with E-state index in [1.807, 2.05) is 5.32 Å². The lowest BCUT2D eigenvalue weighted by atomic mass is 10.2. The summed E-state index contributed by atoms with van der Waals surface area (Å²) in [6.07, 6.45) is 1.37. The molecule has 0 fully saturated rings. The van der Waals surface area contributed by atoms with Crippen molar-refractivity contribution in [3.63, 3.8) is 0 Å². The maximum Gasteiger partial charge on any atom is 0.287 e. The summed E-state index contributed by atoms with van der Waals surface area (Å²) >= 11 is 0. The first-order valence-electron chi connectivity index (χ1n) is 4.85. The second-order valence-electron chi connectivity index (χ2n) is 3.60. The number of hydrogen-bond acceptors (Lipinski definition) is 4. The maximum atomic E-state index is 12.7. The van der Waals surface area contributed by atoms with Crippen LogP contribution < -0.4 is 11.1 Å². The molecule has 1 rings (SSSR count). The molecular formula is C10H13F2N3O2. The molecule has 0 aliphatic rings. The highest BCUT2D eigenvalue weighted by atomic mass is 19.3. The predicted octanol–water partition coefficient (Wildman–Crippen LogP) is 0.330. The van der Waals surface area contributed by atoms with Crippen LogP contribution in [0.3, 0.4) is 0 Å². The lowest BCUT2D eigenvalue weighted by Crippen LogP contribution is -2.39. The first-order valence-corrected chi connectivity index (χ1v) is 4.85. The Hall–Kier alpha value is -1.76. The number of alkyl halides is 2. The smallest absolute Gasteiger partial charge is 0.287 e. The van der Waals surface area contributed by atoms with Gasteiger partial charge in [0, 0.05) is 0 Å². The monoisotopic (exact) mass is 245 g/mol. The standard InChI is InChI=1S/C10H13F2N3O2/c1-6-8(2-7(13)3-14-6)9(17)15-4-10(11,12)5-16/h2-3,16H,4-5,13H2,1H3,(H,15,17). The van der Waals surface area contributed by atoms with Crippen molar-refractivity contribution >= 4 is 11.6 Å². The van der Waals surface area contributed by atoms with Crippen LogP contribution in [0.4, 0.5) is 14.5 Å². The van der Waals surface area contributed by atoms with Crippen LogP contribution in [0.2, 0.25) is 0 Å². The van der Waals surface area contributed by atoms with Crippen LogP contribution in [-0.2, 0) is 0 Å². The Kier molecular flexibility index (Phi) is 3.95. The van der Waals surface area contributed by atoms with E-state index in [0.717, 1.165) is 0 Å². The molecule has 4 N–H and O–H groups in total. The van der Waals surface area contributed by atoms with Gasteiger partial charge in [-0.2, -0.15) is 0 Å². The number of carbonyl (C=O) groups excluding carboxylic acids is 1. The van der Waals surface area contributed by atoms with Crippen molar-refractivity contribution in [3.8, 4) is 0 Å². The lowest BCUT2D eigenvalue weighted by Gasteiger charge is -2.14. The van der Waals surface area contributed by atoms with Crippen LogP contribution in [0.15, 0.2) is 12.3 Å². The van der Waals surface area contributed by atoms with Gasteiger partial charge in [-0.1, -0.05) is 0 Å². The Labute approximate surface area is 96.7 Å². The van der Waals surface area contributed by atoms with Crippen LogP contribution in [0.25, 0.3) is 0 Å². The topological polar surface area (TPSA) is 88.2 Å². The molecule has 0 bridgehead atoms. The van der Waals surface area contributed by atoms with Crippen molar-refractivity contribution in [2.75, 3.05) is 18.9 Å². The Bertz CT molecular complexity index is 424. The molecule has 0 unspecified atom stereocenters. The molecule has 1 aromatic heterocycles. The van der Waals surface area contributed by atoms with E-state index < -0.39 is 25.0 Å². The molecule has 0 saturated carbocycles. The number of hydrogen-bond donors (Lipinski definition) is 3. The van der Waals surface area contributed by atoms with Gasteiger partial charge in [0.25, 0.3) is 11.8 Å². The molecule has 0 aliphatic heterocycles. The van der Waals surface area contributed by atoms with Crippen LogP contribution in [-0.4, -0.2) is 35.1 Å². The Balaban J connectivity index is 2.74. The number of nitrogen functional groups attached to an aromatic ring is 1. The fourth-order valence-electron chi connectivity index (χ4n) is 1.14. The van der Waals surface area contributed by atoms with E-state index in [1.54, 1.807) is 6.92 Å². The number of aliphatic hydroxyl groups is 1. The van der Waals surface area contributed by atoms with Gasteiger partial charge in [0.2, 0.25) is 0 Å². The molecule has 7 heteroatoms. The molecule has 0 atom stereocenters. The number of pyridine rings is 1. The highest BCUT2D eigenvalue weighted by molar-refractivity contribution is 5.95. The normalized spacial score (nSPS) is 11.3. The SMILES string of the molecule is Cc1ncc(N)cc1C(=O)NCC(F)(F)CO. The minimum atomic E-state index is -3.34. The van der Waals surface area contributed by atoms with Crippen LogP contribution in [0.1, 0.15) is 16.1 Å². The molecule has 0 saturated heterocycles. The molecule has 1 amide bonds. The molecule has 0 aliphatic carbocycles. The van der Waals surface area contributed by atoms with Crippen molar-refractivity contribution in [2.45, 2.75) is 12.8 Å². The molecule has 0 aromatic carbocycles. The Morgan fingerprint density at radius 3 is 2.88 bits per heavy atom. The average Bonchev–Trinajstić information content (AvgIpc) is 2.29. The summed E-state index contributed by atoms with van der Waals surface area (Å²) in [7, 11) is 0. The minimum Gasteiger partial charge on any atom is -0.397 e. The third kappa shape index (κ3) is 3.63. The molecule has 1 heterocycles. The molecule has 0 spiro atoms. The quantitative estimate of drug-likeness (QED) is 0.713. The largest absolute Gasteiger partial charge is 0.397 e. The average molecular weight is 245 g/mol. The van der Waals surface area contributed by atoms with E-state index >= 15 is 0 Å². The van der Waals surface area contributed by atoms with Crippen molar-refractivity contribution in [2.24, 2.45) is 0 Å². The van der Waals surface area contributed by atoms with Gasteiger partial charge in [0.1, 0.15) is 6.61 Å². The van der Waals surface area contributed by atoms with E-state index in [2.05, 4.69) is 4.98 Å². The molecule has 17 heavy (non-hydrogen) atoms. The number of nitrogens with one attached hydrogen (secondary N) is 1. The van der Waals surface area contributed by atoms with E-state index in [-0.39, 0.29) is 11.3 Å². The Morgan fingerprint density at radius 2 is 2.29 bits per heavy atom. The van der Waals surface area contributed by atoms with E-state index in [1.165, 1.54) is 12.3 Å². The van der Waals surface area contributed by atoms with Gasteiger partial charge in [-0.05, 0) is 13.0 Å². The zero-order chi connectivity index (χ0) is 13.1. The summed E-state index contributed by atoms with van der Waals surface area (Å²) < 4.78 is 25.4. The summed E-state index contributed by atoms with van der Waals surface area (Å²) in [4.78, 5) is 15.4. The van der Waals surface area contributed by atoms with Gasteiger partial charge in [-0.15, -0.1) is 0 Å². The summed E-state index contributed by atoms with van der Waals surface area (Å²) in [5.74, 6) is -4.03. The summed E-state index contributed by atoms with van der Waals surface area (Å²) in [6.45, 7) is -0.684. The molecule has 5 nitrogen and oxygen atoms in total. The van der Waals surface area contributed by atoms with Crippen molar-refractivity contribution in [1.82, 2.24) is 10.3 Å². The number of aliphatic hydroxyl groups excluding tert-OH is 1. The van der Waals surface area contributed by atoms with Crippen LogP contribution >= 0.6 is 0 Å². The molecule has 0 radical (unpaired) electrons. The molecular weight excluding hydrogens is 232 g/mol. The third-order valence-corrected chi connectivity index (χ3v) is 2.09. The van der Waals surface area contributed by atoms with Gasteiger partial charge in [-0.3, -0.25) is 9.78 Å².